The number of ketones is 1. The van der Waals surface area contributed by atoms with Crippen LogP contribution in [-0.2, 0) is 84.2 Å². The first-order chi connectivity index (χ1) is 43.9. The van der Waals surface area contributed by atoms with Gasteiger partial charge in [0.15, 0.2) is 10.9 Å². The molecular formula is C75H102O16SSi. The molecule has 7 rings (SSSR count). The van der Waals surface area contributed by atoms with Gasteiger partial charge < -0.3 is 56.5 Å². The van der Waals surface area contributed by atoms with E-state index in [-0.39, 0.29) is 60.9 Å². The van der Waals surface area contributed by atoms with Gasteiger partial charge in [-0.15, -0.1) is 0 Å². The second-order valence-corrected chi connectivity index (χ2v) is 34.1. The molecule has 4 aromatic carbocycles. The van der Waals surface area contributed by atoms with Crippen molar-refractivity contribution in [2.45, 2.75) is 218 Å². The Bertz CT molecular complexity index is 3120. The lowest BCUT2D eigenvalue weighted by atomic mass is 9.70. The van der Waals surface area contributed by atoms with Gasteiger partial charge in [0.1, 0.15) is 18.6 Å². The van der Waals surface area contributed by atoms with Gasteiger partial charge in [-0.3, -0.25) is 14.4 Å². The standard InChI is InChI=1S/C75H102O16SSi/c1-51-39-58(37-38-72(10,11)75(83-17)69(79)56(42-67(77)81-15)41-59(90-75)44-65(85-49-55-33-35-57(80-14)36-34-55)52(2)86-50-84-48-54-27-21-18-22-28-54)88-62(40-51)47-74(82-16)73(12,13)66(87-53(3)76)45-60(89-74)43-61(46-68(78)92-70(4,5)6)91-93(71(7,8)9,63-29-23-19-24-30-63)64-31-25-20-26-32-64/h18-38,42,52,58-62,65-66H,1,39-41,43-50H2,2-17H3/t52-,58+,59+,60-,61?,62+,65-,66+,74+,75-/m1/s1. The predicted octanol–water partition coefficient (Wildman–Crippen LogP) is 13.3. The molecule has 4 aromatic rings. The Balaban J connectivity index is 1.17. The van der Waals surface area contributed by atoms with E-state index in [0.29, 0.717) is 31.6 Å². The van der Waals surface area contributed by atoms with E-state index in [0.717, 1.165) is 27.1 Å². The second-order valence-electron chi connectivity index (χ2n) is 28.0. The van der Waals surface area contributed by atoms with Crippen LogP contribution in [0, 0.1) is 10.8 Å². The lowest BCUT2D eigenvalue weighted by Crippen LogP contribution is -2.68. The van der Waals surface area contributed by atoms with Crippen LogP contribution in [0.4, 0.5) is 0 Å². The maximum atomic E-state index is 15.1. The molecule has 0 N–H and O–H groups in total. The van der Waals surface area contributed by atoms with Crippen LogP contribution in [0.25, 0.3) is 0 Å². The molecule has 0 bridgehead atoms. The molecule has 1 unspecified atom stereocenters. The Kier molecular flexibility index (Phi) is 26.1. The minimum Gasteiger partial charge on any atom is -0.497 e. The molecule has 3 aliphatic heterocycles. The third-order valence-corrected chi connectivity index (χ3v) is 24.2. The van der Waals surface area contributed by atoms with Gasteiger partial charge in [-0.05, 0) is 64.9 Å². The zero-order chi connectivity index (χ0) is 68.0. The van der Waals surface area contributed by atoms with Crippen LogP contribution in [0.5, 0.6) is 5.75 Å². The molecule has 0 aromatic heterocycles. The van der Waals surface area contributed by atoms with Crippen LogP contribution in [0.1, 0.15) is 146 Å². The van der Waals surface area contributed by atoms with Crippen molar-refractivity contribution in [3.05, 3.63) is 162 Å². The number of hydrogen-bond acceptors (Lipinski definition) is 17. The molecule has 3 fully saturated rings. The normalized spacial score (nSPS) is 24.5. The zero-order valence-corrected chi connectivity index (χ0v) is 59.6. The Morgan fingerprint density at radius 2 is 1.35 bits per heavy atom. The summed E-state index contributed by atoms with van der Waals surface area (Å²) in [6.07, 6.45) is 2.20. The molecule has 0 aliphatic carbocycles. The van der Waals surface area contributed by atoms with Crippen LogP contribution < -0.4 is 15.1 Å². The number of rotatable bonds is 29. The molecular weight excluding hydrogens is 1220 g/mol. The summed E-state index contributed by atoms with van der Waals surface area (Å²) in [5.41, 5.74) is 0.819. The smallest absolute Gasteiger partial charge is 0.330 e. The molecule has 508 valence electrons. The molecule has 0 radical (unpaired) electrons. The van der Waals surface area contributed by atoms with Crippen LogP contribution in [0.15, 0.2) is 151 Å². The van der Waals surface area contributed by atoms with E-state index in [2.05, 4.69) is 51.6 Å². The van der Waals surface area contributed by atoms with Crippen molar-refractivity contribution in [1.29, 1.82) is 0 Å². The van der Waals surface area contributed by atoms with E-state index in [1.807, 2.05) is 159 Å². The van der Waals surface area contributed by atoms with Gasteiger partial charge in [-0.1, -0.05) is 208 Å². The lowest BCUT2D eigenvalue weighted by Gasteiger charge is -2.56. The van der Waals surface area contributed by atoms with Crippen LogP contribution in [0.3, 0.4) is 0 Å². The Morgan fingerprint density at radius 1 is 0.742 bits per heavy atom. The Hall–Kier alpha value is -5.61. The fourth-order valence-electron chi connectivity index (χ4n) is 13.3. The summed E-state index contributed by atoms with van der Waals surface area (Å²) in [6, 6.07) is 38.1. The molecule has 93 heavy (non-hydrogen) atoms. The summed E-state index contributed by atoms with van der Waals surface area (Å²) < 4.78 is 77.5. The number of methoxy groups -OCH3 is 4. The van der Waals surface area contributed by atoms with Crippen LogP contribution in [-0.4, -0.2) is 132 Å². The first-order valence-corrected chi connectivity index (χ1v) is 35.1. The van der Waals surface area contributed by atoms with E-state index in [1.165, 1.54) is 39.0 Å². The summed E-state index contributed by atoms with van der Waals surface area (Å²) in [7, 11) is 2.68. The Morgan fingerprint density at radius 3 is 1.91 bits per heavy atom. The second kappa shape index (κ2) is 32.4. The average molecular weight is 1320 g/mol. The van der Waals surface area contributed by atoms with Crippen LogP contribution in [0.2, 0.25) is 5.04 Å². The van der Waals surface area contributed by atoms with Gasteiger partial charge in [0, 0.05) is 75.1 Å². The van der Waals surface area contributed by atoms with Gasteiger partial charge >= 0.3 is 11.9 Å². The van der Waals surface area contributed by atoms with Crippen molar-refractivity contribution in [3.8, 4) is 5.75 Å². The van der Waals surface area contributed by atoms with Gasteiger partial charge in [-0.25, -0.2) is 4.79 Å². The molecule has 0 saturated carbocycles. The lowest BCUT2D eigenvalue weighted by molar-refractivity contribution is -0.358. The molecule has 0 spiro atoms. The number of Topliss-reactive ketones (excluding diaryl/α,β-unsaturated/α-hetero) is 1. The number of ether oxygens (including phenoxy) is 11. The molecule has 0 amide bonds. The number of esters is 2. The van der Waals surface area contributed by atoms with Crippen molar-refractivity contribution in [2.24, 2.45) is 10.8 Å². The minimum absolute atomic E-state index is 0.00179. The highest BCUT2D eigenvalue weighted by molar-refractivity contribution is 8.14. The Labute approximate surface area is 558 Å². The molecule has 18 heteroatoms. The summed E-state index contributed by atoms with van der Waals surface area (Å²) in [5.74, 6) is -4.34. The van der Waals surface area contributed by atoms with Gasteiger partial charge in [0.25, 0.3) is 8.32 Å². The van der Waals surface area contributed by atoms with E-state index in [9.17, 15) is 14.4 Å². The van der Waals surface area contributed by atoms with Gasteiger partial charge in [0.2, 0.25) is 11.6 Å². The third-order valence-electron chi connectivity index (χ3n) is 18.1. The predicted molar refractivity (Wildman–Crippen MR) is 364 cm³/mol. The topological polar surface area (TPSA) is 179 Å². The van der Waals surface area contributed by atoms with E-state index >= 15 is 4.79 Å². The number of hydrogen-bond donors (Lipinski definition) is 0. The van der Waals surface area contributed by atoms with E-state index < -0.39 is 102 Å². The highest BCUT2D eigenvalue weighted by Crippen LogP contribution is 2.52. The van der Waals surface area contributed by atoms with Gasteiger partial charge in [0.05, 0.1) is 75.6 Å². The fraction of sp³-hybridized carbons (Fsp3) is 0.547. The maximum Gasteiger partial charge on any atom is 0.330 e. The van der Waals surface area contributed by atoms with E-state index in [1.54, 1.807) is 14.2 Å². The summed E-state index contributed by atoms with van der Waals surface area (Å²) in [5, 5.41) is 1.76. The van der Waals surface area contributed by atoms with Crippen molar-refractivity contribution < 1.29 is 75.7 Å². The number of thioether (sulfide) groups is 1. The summed E-state index contributed by atoms with van der Waals surface area (Å²) in [4.78, 5) is 55.7. The zero-order valence-electron chi connectivity index (χ0n) is 57.7. The largest absolute Gasteiger partial charge is 0.497 e. The first kappa shape index (κ1) is 74.8. The van der Waals surface area contributed by atoms with Crippen molar-refractivity contribution in [2.75, 3.05) is 35.2 Å². The number of carbonyl (C=O) groups is 4. The quantitative estimate of drug-likeness (QED) is 0.0125. The summed E-state index contributed by atoms with van der Waals surface area (Å²) >= 11 is 1.30. The molecule has 3 saturated heterocycles. The van der Waals surface area contributed by atoms with Crippen molar-refractivity contribution >= 4 is 53.3 Å². The summed E-state index contributed by atoms with van der Waals surface area (Å²) in [6.45, 7) is 28.8. The average Bonchev–Trinajstić information content (AvgIpc) is 0.756. The van der Waals surface area contributed by atoms with Crippen molar-refractivity contribution in [1.82, 2.24) is 0 Å². The number of carbonyl (C=O) groups excluding carboxylic acids is 4. The third kappa shape index (κ3) is 18.9. The number of benzene rings is 4. The van der Waals surface area contributed by atoms with E-state index in [4.69, 9.17) is 56.5 Å². The van der Waals surface area contributed by atoms with Crippen LogP contribution >= 0.6 is 11.8 Å². The fourth-order valence-corrected chi connectivity index (χ4v) is 18.9. The molecule has 16 nitrogen and oxygen atoms in total. The first-order valence-electron chi connectivity index (χ1n) is 32.4. The monoisotopic (exact) mass is 1320 g/mol. The molecule has 3 aliphatic rings. The van der Waals surface area contributed by atoms with Crippen molar-refractivity contribution in [3.63, 3.8) is 0 Å². The minimum atomic E-state index is -3.23. The SMILES string of the molecule is C=C1C[C@@H](C[C@]2(OC)O[C@H](CC(CC(=O)SC(C)(C)C)O[Si](c3ccccc3)(c3ccccc3)C(C)(C)C)C[C@H](OC(C)=O)C2(C)C)O[C@@H](C=CC(C)(C)[C@]2(OC)O[C@H](C[C@@H](OCc3ccc(OC)cc3)[C@@H](C)OCOCc3ccccc3)CC(=CC(=O)OC)C2=O)C1. The molecule has 10 atom stereocenters. The highest BCUT2D eigenvalue weighted by Gasteiger charge is 2.61. The maximum absolute atomic E-state index is 15.1. The highest BCUT2D eigenvalue weighted by atomic mass is 32.2. The van der Waals surface area contributed by atoms with Gasteiger partial charge in [-0.2, -0.15) is 0 Å². The molecule has 3 heterocycles.